The molecule has 21 heavy (non-hydrogen) atoms. The maximum Gasteiger partial charge on any atom is 0.0538 e. The van der Waals surface area contributed by atoms with Gasteiger partial charge in [-0.05, 0) is 50.1 Å². The van der Waals surface area contributed by atoms with E-state index in [2.05, 4.69) is 68.1 Å². The summed E-state index contributed by atoms with van der Waals surface area (Å²) in [6, 6.07) is 16.8. The predicted octanol–water partition coefficient (Wildman–Crippen LogP) is 5.54. The first-order chi connectivity index (χ1) is 9.97. The lowest BCUT2D eigenvalue weighted by Gasteiger charge is -2.43. The molecule has 0 saturated heterocycles. The molecule has 1 heterocycles. The minimum atomic E-state index is -0.00191. The Morgan fingerprint density at radius 2 is 1.67 bits per heavy atom. The molecule has 1 aliphatic heterocycles. The van der Waals surface area contributed by atoms with E-state index in [4.69, 9.17) is 11.6 Å². The second-order valence-corrected chi connectivity index (χ2v) is 6.65. The molecule has 2 heteroatoms. The topological polar surface area (TPSA) is 3.24 Å². The van der Waals surface area contributed by atoms with Crippen molar-refractivity contribution >= 4 is 22.9 Å². The first-order valence-electron chi connectivity index (χ1n) is 7.28. The summed E-state index contributed by atoms with van der Waals surface area (Å²) in [5.74, 6) is 0. The number of benzene rings is 2. The Bertz CT molecular complexity index is 683. The number of hydrogen-bond acceptors (Lipinski definition) is 1. The Hall–Kier alpha value is -1.73. The molecule has 0 aromatic heterocycles. The number of nitrogens with zero attached hydrogens (tertiary/aromatic N) is 1. The Labute approximate surface area is 131 Å². The van der Waals surface area contributed by atoms with Crippen molar-refractivity contribution in [3.05, 3.63) is 70.8 Å². The highest BCUT2D eigenvalue weighted by Gasteiger charge is 2.30. The molecule has 0 fully saturated rings. The van der Waals surface area contributed by atoms with Gasteiger partial charge in [0, 0.05) is 22.8 Å². The molecule has 0 spiro atoms. The summed E-state index contributed by atoms with van der Waals surface area (Å²) in [7, 11) is 0. The average Bonchev–Trinajstić information content (AvgIpc) is 2.45. The minimum Gasteiger partial charge on any atom is -0.358 e. The summed E-state index contributed by atoms with van der Waals surface area (Å²) in [6.07, 6.45) is 2.35. The second kappa shape index (κ2) is 5.23. The maximum atomic E-state index is 5.99. The van der Waals surface area contributed by atoms with E-state index in [0.717, 1.165) is 11.6 Å². The molecule has 0 aliphatic carbocycles. The zero-order valence-electron chi connectivity index (χ0n) is 12.7. The number of fused-ring (bicyclic) bond motifs is 1. The zero-order chi connectivity index (χ0) is 15.0. The Morgan fingerprint density at radius 3 is 2.38 bits per heavy atom. The van der Waals surface area contributed by atoms with Crippen molar-refractivity contribution in [1.82, 2.24) is 0 Å². The van der Waals surface area contributed by atoms with Crippen LogP contribution in [0.25, 0.3) is 5.57 Å². The molecule has 1 nitrogen and oxygen atoms in total. The molecule has 0 bridgehead atoms. The summed E-state index contributed by atoms with van der Waals surface area (Å²) in [4.78, 5) is 2.46. The van der Waals surface area contributed by atoms with Crippen LogP contribution < -0.4 is 4.90 Å². The van der Waals surface area contributed by atoms with E-state index in [1.165, 1.54) is 22.4 Å². The summed E-state index contributed by atoms with van der Waals surface area (Å²) < 4.78 is 0. The number of rotatable bonds is 2. The monoisotopic (exact) mass is 297 g/mol. The predicted molar refractivity (Wildman–Crippen MR) is 91.8 cm³/mol. The minimum absolute atomic E-state index is 0.00191. The van der Waals surface area contributed by atoms with E-state index in [-0.39, 0.29) is 5.54 Å². The van der Waals surface area contributed by atoms with Crippen LogP contribution in [0.15, 0.2) is 54.6 Å². The SMILES string of the molecule is CC1=CC(C)(C)N(Cc2ccc(Cl)cc2)c2ccccc21. The molecule has 0 amide bonds. The summed E-state index contributed by atoms with van der Waals surface area (Å²) in [6.45, 7) is 7.61. The number of para-hydroxylation sites is 1. The number of halogens is 1. The van der Waals surface area contributed by atoms with Gasteiger partial charge in [0.25, 0.3) is 0 Å². The van der Waals surface area contributed by atoms with Gasteiger partial charge < -0.3 is 4.90 Å². The van der Waals surface area contributed by atoms with Crippen LogP contribution in [0.2, 0.25) is 5.02 Å². The highest BCUT2D eigenvalue weighted by atomic mass is 35.5. The molecule has 2 aromatic rings. The maximum absolute atomic E-state index is 5.99. The van der Waals surface area contributed by atoms with Crippen LogP contribution in [0, 0.1) is 0 Å². The van der Waals surface area contributed by atoms with E-state index in [1.54, 1.807) is 0 Å². The van der Waals surface area contributed by atoms with Crippen LogP contribution in [0.1, 0.15) is 31.9 Å². The van der Waals surface area contributed by atoms with E-state index in [1.807, 2.05) is 12.1 Å². The Kier molecular flexibility index (Phi) is 3.54. The first kappa shape index (κ1) is 14.2. The highest BCUT2D eigenvalue weighted by molar-refractivity contribution is 6.30. The third-order valence-electron chi connectivity index (χ3n) is 4.14. The quantitative estimate of drug-likeness (QED) is 0.703. The van der Waals surface area contributed by atoms with Gasteiger partial charge in [-0.25, -0.2) is 0 Å². The lowest BCUT2D eigenvalue weighted by molar-refractivity contribution is 0.552. The molecule has 0 atom stereocenters. The molecular formula is C19H20ClN. The second-order valence-electron chi connectivity index (χ2n) is 6.21. The van der Waals surface area contributed by atoms with Gasteiger partial charge in [0.1, 0.15) is 0 Å². The third kappa shape index (κ3) is 2.71. The van der Waals surface area contributed by atoms with Crippen LogP contribution in [0.5, 0.6) is 0 Å². The summed E-state index contributed by atoms with van der Waals surface area (Å²) in [5, 5.41) is 0.785. The van der Waals surface area contributed by atoms with Crippen molar-refractivity contribution in [1.29, 1.82) is 0 Å². The fraction of sp³-hybridized carbons (Fsp3) is 0.263. The highest BCUT2D eigenvalue weighted by Crippen LogP contribution is 2.39. The molecule has 1 aliphatic rings. The van der Waals surface area contributed by atoms with E-state index < -0.39 is 0 Å². The van der Waals surface area contributed by atoms with Crippen molar-refractivity contribution in [3.63, 3.8) is 0 Å². The molecule has 108 valence electrons. The van der Waals surface area contributed by atoms with Gasteiger partial charge in [0.05, 0.1) is 5.54 Å². The van der Waals surface area contributed by atoms with Crippen molar-refractivity contribution in [2.45, 2.75) is 32.9 Å². The largest absolute Gasteiger partial charge is 0.358 e. The number of anilines is 1. The fourth-order valence-corrected chi connectivity index (χ4v) is 3.23. The smallest absolute Gasteiger partial charge is 0.0538 e. The number of allylic oxidation sites excluding steroid dienone is 1. The molecule has 2 aromatic carbocycles. The fourth-order valence-electron chi connectivity index (χ4n) is 3.10. The van der Waals surface area contributed by atoms with Crippen molar-refractivity contribution in [3.8, 4) is 0 Å². The Morgan fingerprint density at radius 1 is 1.00 bits per heavy atom. The molecular weight excluding hydrogens is 278 g/mol. The molecule has 0 saturated carbocycles. The first-order valence-corrected chi connectivity index (χ1v) is 7.66. The van der Waals surface area contributed by atoms with E-state index in [0.29, 0.717) is 0 Å². The standard InChI is InChI=1S/C19H20ClN/c1-14-12-19(2,3)21(18-7-5-4-6-17(14)18)13-15-8-10-16(20)11-9-15/h4-12H,13H2,1-3H3. The van der Waals surface area contributed by atoms with Gasteiger partial charge >= 0.3 is 0 Å². The lowest BCUT2D eigenvalue weighted by Crippen LogP contribution is -2.44. The van der Waals surface area contributed by atoms with Crippen LogP contribution in [-0.2, 0) is 6.54 Å². The third-order valence-corrected chi connectivity index (χ3v) is 4.39. The van der Waals surface area contributed by atoms with Crippen LogP contribution in [0.4, 0.5) is 5.69 Å². The van der Waals surface area contributed by atoms with Gasteiger partial charge in [-0.3, -0.25) is 0 Å². The van der Waals surface area contributed by atoms with Gasteiger partial charge in [-0.2, -0.15) is 0 Å². The van der Waals surface area contributed by atoms with Gasteiger partial charge in [-0.15, -0.1) is 0 Å². The van der Waals surface area contributed by atoms with E-state index in [9.17, 15) is 0 Å². The van der Waals surface area contributed by atoms with Crippen LogP contribution >= 0.6 is 11.6 Å². The van der Waals surface area contributed by atoms with Crippen molar-refractivity contribution in [2.24, 2.45) is 0 Å². The molecule has 0 N–H and O–H groups in total. The van der Waals surface area contributed by atoms with Gasteiger partial charge in [0.15, 0.2) is 0 Å². The van der Waals surface area contributed by atoms with Crippen molar-refractivity contribution in [2.75, 3.05) is 4.90 Å². The molecule has 3 rings (SSSR count). The summed E-state index contributed by atoms with van der Waals surface area (Å²) in [5.41, 5.74) is 5.25. The van der Waals surface area contributed by atoms with E-state index >= 15 is 0 Å². The molecule has 0 unspecified atom stereocenters. The lowest BCUT2D eigenvalue weighted by atomic mass is 9.88. The van der Waals surface area contributed by atoms with Crippen LogP contribution in [0.3, 0.4) is 0 Å². The van der Waals surface area contributed by atoms with Gasteiger partial charge in [0.2, 0.25) is 0 Å². The zero-order valence-corrected chi connectivity index (χ0v) is 13.5. The number of hydrogen-bond donors (Lipinski definition) is 0. The van der Waals surface area contributed by atoms with Crippen molar-refractivity contribution < 1.29 is 0 Å². The van der Waals surface area contributed by atoms with Gasteiger partial charge in [-0.1, -0.05) is 48.0 Å². The summed E-state index contributed by atoms with van der Waals surface area (Å²) >= 11 is 5.99. The average molecular weight is 298 g/mol. The van der Waals surface area contributed by atoms with Crippen LogP contribution in [-0.4, -0.2) is 5.54 Å². The normalized spacial score (nSPS) is 16.4. The molecule has 0 radical (unpaired) electrons. The Balaban J connectivity index is 2.02.